The number of methoxy groups -OCH3 is 1. The van der Waals surface area contributed by atoms with Crippen LogP contribution >= 0.6 is 0 Å². The van der Waals surface area contributed by atoms with Gasteiger partial charge in [0.25, 0.3) is 5.91 Å². The summed E-state index contributed by atoms with van der Waals surface area (Å²) in [5, 5.41) is 23.2. The predicted molar refractivity (Wildman–Crippen MR) is 131 cm³/mol. The molecule has 2 aliphatic rings. The lowest BCUT2D eigenvalue weighted by molar-refractivity contribution is -0.123. The Hall–Kier alpha value is -3.77. The lowest BCUT2D eigenvalue weighted by Crippen LogP contribution is -2.48. The molecule has 1 saturated heterocycles. The summed E-state index contributed by atoms with van der Waals surface area (Å²) < 4.78 is 6.84. The number of amides is 2. The first kappa shape index (κ1) is 23.9. The number of hydrogen-bond acceptors (Lipinski definition) is 9. The van der Waals surface area contributed by atoms with Gasteiger partial charge in [-0.25, -0.2) is 14.5 Å². The summed E-state index contributed by atoms with van der Waals surface area (Å²) in [4.78, 5) is 34.0. The highest BCUT2D eigenvalue weighted by Crippen LogP contribution is 2.29. The van der Waals surface area contributed by atoms with Crippen LogP contribution in [0.3, 0.4) is 0 Å². The number of pyridine rings is 1. The molecule has 12 nitrogen and oxygen atoms in total. The fourth-order valence-corrected chi connectivity index (χ4v) is 4.99. The zero-order valence-corrected chi connectivity index (χ0v) is 20.0. The molecule has 36 heavy (non-hydrogen) atoms. The molecule has 6 N–H and O–H groups in total. The number of nitrogens with zero attached hydrogens (tertiary/aromatic N) is 4. The second-order valence-corrected chi connectivity index (χ2v) is 9.32. The third-order valence-corrected chi connectivity index (χ3v) is 6.90. The van der Waals surface area contributed by atoms with Crippen molar-refractivity contribution >= 4 is 23.1 Å². The molecular formula is C24H30N8O4. The number of hydrogen-bond donors (Lipinski definition) is 5. The van der Waals surface area contributed by atoms with Crippen LogP contribution in [0.5, 0.6) is 5.88 Å². The lowest BCUT2D eigenvalue weighted by atomic mass is 9.90. The van der Waals surface area contributed by atoms with Crippen molar-refractivity contribution in [1.29, 1.82) is 0 Å². The Balaban J connectivity index is 1.27. The molecule has 1 aliphatic carbocycles. The van der Waals surface area contributed by atoms with Crippen LogP contribution in [0.4, 0.5) is 5.82 Å². The Bertz CT molecular complexity index is 1270. The Morgan fingerprint density at radius 2 is 1.92 bits per heavy atom. The topological polar surface area (TPSA) is 169 Å². The summed E-state index contributed by atoms with van der Waals surface area (Å²) in [6.45, 7) is 0.442. The average Bonchev–Trinajstić information content (AvgIpc) is 3.50. The minimum Gasteiger partial charge on any atom is -0.481 e. The van der Waals surface area contributed by atoms with Crippen LogP contribution in [0.1, 0.15) is 42.5 Å². The van der Waals surface area contributed by atoms with Crippen molar-refractivity contribution < 1.29 is 19.4 Å². The average molecular weight is 495 g/mol. The molecule has 5 rings (SSSR count). The van der Waals surface area contributed by atoms with Crippen molar-refractivity contribution in [3.05, 3.63) is 36.3 Å². The second kappa shape index (κ2) is 10.1. The van der Waals surface area contributed by atoms with E-state index in [0.717, 1.165) is 31.2 Å². The van der Waals surface area contributed by atoms with E-state index in [4.69, 9.17) is 10.5 Å². The summed E-state index contributed by atoms with van der Waals surface area (Å²) in [5.41, 5.74) is 8.42. The number of carbonyl (C=O) groups is 2. The normalized spacial score (nSPS) is 23.9. The summed E-state index contributed by atoms with van der Waals surface area (Å²) >= 11 is 0. The van der Waals surface area contributed by atoms with E-state index in [1.54, 1.807) is 22.8 Å². The number of aliphatic hydroxyl groups is 1. The molecule has 3 aromatic heterocycles. The molecule has 190 valence electrons. The van der Waals surface area contributed by atoms with E-state index in [9.17, 15) is 14.7 Å². The molecule has 2 amide bonds. The summed E-state index contributed by atoms with van der Waals surface area (Å²) in [6, 6.07) is 5.00. The maximum absolute atomic E-state index is 13.3. The molecule has 12 heteroatoms. The molecule has 0 bridgehead atoms. The van der Waals surface area contributed by atoms with Gasteiger partial charge < -0.3 is 31.5 Å². The highest BCUT2D eigenvalue weighted by molar-refractivity contribution is 6.05. The van der Waals surface area contributed by atoms with E-state index in [1.807, 2.05) is 6.07 Å². The predicted octanol–water partition coefficient (Wildman–Crippen LogP) is 0.262. The van der Waals surface area contributed by atoms with Gasteiger partial charge in [-0.15, -0.1) is 0 Å². The van der Waals surface area contributed by atoms with Crippen molar-refractivity contribution in [2.75, 3.05) is 19.4 Å². The Morgan fingerprint density at radius 3 is 2.61 bits per heavy atom. The number of anilines is 1. The number of aromatic nitrogens is 4. The zero-order valence-electron chi connectivity index (χ0n) is 20.0. The number of ether oxygens (including phenoxy) is 1. The van der Waals surface area contributed by atoms with Crippen LogP contribution in [0.2, 0.25) is 0 Å². The third-order valence-electron chi connectivity index (χ3n) is 6.90. The first-order valence-electron chi connectivity index (χ1n) is 12.1. The minimum absolute atomic E-state index is 0.0256. The Labute approximate surface area is 207 Å². The molecule has 0 radical (unpaired) electrons. The number of fused-ring (bicyclic) bond motifs is 1. The van der Waals surface area contributed by atoms with Crippen LogP contribution in [-0.2, 0) is 4.79 Å². The number of carbonyl (C=O) groups excluding carboxylic acids is 2. The van der Waals surface area contributed by atoms with Gasteiger partial charge in [0.05, 0.1) is 30.5 Å². The number of β-amino-alcohol motifs (C(OH)–C–C–N with tert-alkyl or cyclic N) is 1. The molecule has 0 unspecified atom stereocenters. The van der Waals surface area contributed by atoms with Gasteiger partial charge in [-0.1, -0.05) is 0 Å². The zero-order chi connectivity index (χ0) is 25.2. The third kappa shape index (κ3) is 4.82. The van der Waals surface area contributed by atoms with Gasteiger partial charge in [-0.3, -0.25) is 9.59 Å². The van der Waals surface area contributed by atoms with Gasteiger partial charge in [0.2, 0.25) is 11.8 Å². The summed E-state index contributed by atoms with van der Waals surface area (Å²) in [6.07, 6.45) is 5.93. The first-order valence-corrected chi connectivity index (χ1v) is 12.1. The maximum atomic E-state index is 13.3. The molecule has 0 spiro atoms. The van der Waals surface area contributed by atoms with Gasteiger partial charge >= 0.3 is 0 Å². The number of nitrogen functional groups attached to an aromatic ring is 1. The van der Waals surface area contributed by atoms with E-state index in [-0.39, 0.29) is 35.8 Å². The van der Waals surface area contributed by atoms with Crippen LogP contribution in [0.15, 0.2) is 30.7 Å². The summed E-state index contributed by atoms with van der Waals surface area (Å²) in [5.74, 6) is 0.326. The van der Waals surface area contributed by atoms with Crippen molar-refractivity contribution in [3.63, 3.8) is 0 Å². The fraction of sp³-hybridized carbons (Fsp3) is 0.458. The van der Waals surface area contributed by atoms with Crippen molar-refractivity contribution in [3.8, 4) is 17.1 Å². The van der Waals surface area contributed by atoms with Crippen molar-refractivity contribution in [2.24, 2.45) is 0 Å². The van der Waals surface area contributed by atoms with Crippen LogP contribution in [0.25, 0.3) is 16.8 Å². The smallest absolute Gasteiger partial charge is 0.253 e. The molecular weight excluding hydrogens is 464 g/mol. The van der Waals surface area contributed by atoms with E-state index < -0.39 is 6.10 Å². The minimum atomic E-state index is -0.474. The molecule has 2 fully saturated rings. The van der Waals surface area contributed by atoms with Crippen LogP contribution in [-0.4, -0.2) is 74.4 Å². The monoisotopic (exact) mass is 494 g/mol. The van der Waals surface area contributed by atoms with Gasteiger partial charge in [-0.2, -0.15) is 5.10 Å². The fourth-order valence-electron chi connectivity index (χ4n) is 4.99. The molecule has 0 aromatic carbocycles. The Kier molecular flexibility index (Phi) is 6.70. The molecule has 3 aromatic rings. The standard InChI is InChI=1S/C24H30N8O4/c1-36-20-8-13(6-7-26-20)19-10-17(21-22(25)28-12-29-32(19)21)23(34)30-14-2-4-15(5-3-14)31-24(35)18-9-16(33)11-27-18/h6-8,10,12,14-16,18,27,33H,2-5,9,11H2,1H3,(H,30,34)(H,31,35)(H2,25,28,29)/t14?,15?,16-,18-/m1/s1. The van der Waals surface area contributed by atoms with E-state index in [1.165, 1.54) is 13.4 Å². The second-order valence-electron chi connectivity index (χ2n) is 9.32. The van der Waals surface area contributed by atoms with Gasteiger partial charge in [0.1, 0.15) is 11.8 Å². The van der Waals surface area contributed by atoms with Gasteiger partial charge in [0, 0.05) is 36.5 Å². The van der Waals surface area contributed by atoms with Crippen molar-refractivity contribution in [2.45, 2.75) is 56.3 Å². The lowest BCUT2D eigenvalue weighted by Gasteiger charge is -2.30. The number of rotatable bonds is 6. The van der Waals surface area contributed by atoms with Gasteiger partial charge in [-0.05, 0) is 44.2 Å². The Morgan fingerprint density at radius 1 is 1.17 bits per heavy atom. The molecule has 1 saturated carbocycles. The quantitative estimate of drug-likeness (QED) is 0.323. The number of nitrogens with two attached hydrogens (primary N) is 1. The number of nitrogens with one attached hydrogen (secondary N) is 3. The molecule has 2 atom stereocenters. The van der Waals surface area contributed by atoms with E-state index >= 15 is 0 Å². The van der Waals surface area contributed by atoms with Crippen molar-refractivity contribution in [1.82, 2.24) is 35.5 Å². The van der Waals surface area contributed by atoms with E-state index in [2.05, 4.69) is 31.0 Å². The van der Waals surface area contributed by atoms with E-state index in [0.29, 0.717) is 35.6 Å². The largest absolute Gasteiger partial charge is 0.481 e. The highest BCUT2D eigenvalue weighted by atomic mass is 16.5. The first-order chi connectivity index (χ1) is 17.4. The van der Waals surface area contributed by atoms with Crippen LogP contribution in [0, 0.1) is 0 Å². The van der Waals surface area contributed by atoms with Gasteiger partial charge in [0.15, 0.2) is 5.82 Å². The summed E-state index contributed by atoms with van der Waals surface area (Å²) in [7, 11) is 1.54. The number of aliphatic hydroxyl groups excluding tert-OH is 1. The molecule has 1 aliphatic heterocycles. The SMILES string of the molecule is COc1cc(-c2cc(C(=O)NC3CCC(NC(=O)[C@H]4C[C@@H](O)CN4)CC3)c3c(N)ncnn23)ccn1. The molecule has 4 heterocycles. The van der Waals surface area contributed by atoms with Crippen LogP contribution < -0.4 is 26.4 Å². The highest BCUT2D eigenvalue weighted by Gasteiger charge is 2.31. The maximum Gasteiger partial charge on any atom is 0.253 e.